The third-order valence-corrected chi connectivity index (χ3v) is 6.50. The van der Waals surface area contributed by atoms with E-state index < -0.39 is 12.0 Å². The number of methoxy groups -OCH3 is 1. The number of para-hydroxylation sites is 1. The first-order chi connectivity index (χ1) is 15.7. The molecule has 164 valence electrons. The third-order valence-electron chi connectivity index (χ3n) is 6.50. The maximum atomic E-state index is 12.3. The van der Waals surface area contributed by atoms with Crippen molar-refractivity contribution in [2.24, 2.45) is 0 Å². The van der Waals surface area contributed by atoms with Crippen LogP contribution in [0.1, 0.15) is 17.2 Å². The maximum Gasteiger partial charge on any atom is 0.325 e. The van der Waals surface area contributed by atoms with Crippen LogP contribution >= 0.6 is 0 Å². The average Bonchev–Trinajstić information content (AvgIpc) is 3.24. The SMILES string of the molecule is COc1cccc2c([C@@H](C(=O)O)N3CCN(Cc4cccc5ccccc45)CC3)c[nH]c12. The van der Waals surface area contributed by atoms with E-state index in [0.717, 1.165) is 41.9 Å². The molecule has 0 unspecified atom stereocenters. The number of nitrogens with one attached hydrogen (secondary N) is 1. The normalized spacial score (nSPS) is 16.4. The number of carbonyl (C=O) groups is 1. The van der Waals surface area contributed by atoms with E-state index >= 15 is 0 Å². The zero-order valence-corrected chi connectivity index (χ0v) is 18.1. The average molecular weight is 430 g/mol. The number of aromatic amines is 1. The number of benzene rings is 3. The summed E-state index contributed by atoms with van der Waals surface area (Å²) in [6.45, 7) is 3.95. The lowest BCUT2D eigenvalue weighted by atomic mass is 10.0. The summed E-state index contributed by atoms with van der Waals surface area (Å²) >= 11 is 0. The molecule has 0 bridgehead atoms. The number of nitrogens with zero attached hydrogens (tertiary/aromatic N) is 2. The van der Waals surface area contributed by atoms with E-state index in [1.807, 2.05) is 24.4 Å². The van der Waals surface area contributed by atoms with Gasteiger partial charge in [0, 0.05) is 49.9 Å². The standard InChI is InChI=1S/C26H27N3O3/c1-32-23-11-5-10-21-22(16-27-24(21)23)25(26(30)31)29-14-12-28(13-15-29)17-19-8-4-7-18-6-2-3-9-20(18)19/h2-11,16,25,27H,12-15,17H2,1H3,(H,30,31)/t25-/m0/s1. The van der Waals surface area contributed by atoms with Gasteiger partial charge in [0.1, 0.15) is 11.8 Å². The Morgan fingerprint density at radius 2 is 1.72 bits per heavy atom. The zero-order valence-electron chi connectivity index (χ0n) is 18.1. The predicted molar refractivity (Wildman–Crippen MR) is 126 cm³/mol. The Morgan fingerprint density at radius 3 is 2.50 bits per heavy atom. The minimum atomic E-state index is -0.823. The number of rotatable bonds is 6. The van der Waals surface area contributed by atoms with Crippen LogP contribution in [0.3, 0.4) is 0 Å². The minimum Gasteiger partial charge on any atom is -0.495 e. The highest BCUT2D eigenvalue weighted by Gasteiger charge is 2.32. The Hall–Kier alpha value is -3.35. The number of aromatic nitrogens is 1. The molecule has 1 atom stereocenters. The molecule has 2 heterocycles. The van der Waals surface area contributed by atoms with Gasteiger partial charge in [0.2, 0.25) is 0 Å². The topological polar surface area (TPSA) is 68.8 Å². The second-order valence-electron chi connectivity index (χ2n) is 8.32. The second-order valence-corrected chi connectivity index (χ2v) is 8.32. The number of carboxylic acids is 1. The van der Waals surface area contributed by atoms with Crippen LogP contribution < -0.4 is 4.74 Å². The van der Waals surface area contributed by atoms with Gasteiger partial charge in [0.05, 0.1) is 12.6 Å². The number of carboxylic acid groups (broad SMARTS) is 1. The van der Waals surface area contributed by atoms with E-state index in [9.17, 15) is 9.90 Å². The van der Waals surface area contributed by atoms with Crippen LogP contribution in [0, 0.1) is 0 Å². The summed E-state index contributed by atoms with van der Waals surface area (Å²) in [4.78, 5) is 20.0. The fourth-order valence-electron chi connectivity index (χ4n) is 4.88. The van der Waals surface area contributed by atoms with Crippen LogP contribution in [0.25, 0.3) is 21.7 Å². The van der Waals surface area contributed by atoms with Crippen LogP contribution in [0.5, 0.6) is 5.75 Å². The number of hydrogen-bond donors (Lipinski definition) is 2. The molecule has 1 aromatic heterocycles. The number of aliphatic carboxylic acids is 1. The van der Waals surface area contributed by atoms with Crippen molar-refractivity contribution in [1.29, 1.82) is 0 Å². The number of H-pyrrole nitrogens is 1. The van der Waals surface area contributed by atoms with Crippen molar-refractivity contribution in [2.45, 2.75) is 12.6 Å². The number of ether oxygens (including phenoxy) is 1. The Morgan fingerprint density at radius 1 is 1.00 bits per heavy atom. The number of piperazine rings is 1. The fraction of sp³-hybridized carbons (Fsp3) is 0.269. The lowest BCUT2D eigenvalue weighted by Gasteiger charge is -2.37. The number of hydrogen-bond acceptors (Lipinski definition) is 4. The Labute approximate surface area is 187 Å². The molecular weight excluding hydrogens is 402 g/mol. The molecule has 0 saturated carbocycles. The van der Waals surface area contributed by atoms with Gasteiger partial charge in [-0.1, -0.05) is 54.6 Å². The lowest BCUT2D eigenvalue weighted by molar-refractivity contribution is -0.144. The van der Waals surface area contributed by atoms with E-state index in [2.05, 4.69) is 57.2 Å². The summed E-state index contributed by atoms with van der Waals surface area (Å²) in [6, 6.07) is 20.0. The molecule has 1 aliphatic heterocycles. The molecule has 3 aromatic carbocycles. The molecule has 1 saturated heterocycles. The highest BCUT2D eigenvalue weighted by atomic mass is 16.5. The van der Waals surface area contributed by atoms with Gasteiger partial charge in [-0.3, -0.25) is 14.6 Å². The molecular formula is C26H27N3O3. The van der Waals surface area contributed by atoms with Gasteiger partial charge in [-0.25, -0.2) is 0 Å². The summed E-state index contributed by atoms with van der Waals surface area (Å²) in [5, 5.41) is 13.5. The van der Waals surface area contributed by atoms with Crippen molar-refractivity contribution in [3.8, 4) is 5.75 Å². The van der Waals surface area contributed by atoms with E-state index in [1.54, 1.807) is 7.11 Å². The summed E-state index contributed by atoms with van der Waals surface area (Å²) < 4.78 is 5.43. The summed E-state index contributed by atoms with van der Waals surface area (Å²) in [6.07, 6.45) is 1.81. The van der Waals surface area contributed by atoms with Gasteiger partial charge < -0.3 is 14.8 Å². The van der Waals surface area contributed by atoms with Crippen molar-refractivity contribution in [1.82, 2.24) is 14.8 Å². The van der Waals surface area contributed by atoms with Crippen LogP contribution in [0.4, 0.5) is 0 Å². The Kier molecular flexibility index (Phi) is 5.55. The van der Waals surface area contributed by atoms with Crippen molar-refractivity contribution in [3.05, 3.63) is 78.0 Å². The lowest BCUT2D eigenvalue weighted by Crippen LogP contribution is -2.48. The molecule has 0 spiro atoms. The van der Waals surface area contributed by atoms with Crippen LogP contribution in [-0.2, 0) is 11.3 Å². The Balaban J connectivity index is 1.34. The monoisotopic (exact) mass is 429 g/mol. The second kappa shape index (κ2) is 8.65. The largest absolute Gasteiger partial charge is 0.495 e. The predicted octanol–water partition coefficient (Wildman–Crippen LogP) is 4.27. The molecule has 0 amide bonds. The third kappa shape index (κ3) is 3.72. The molecule has 2 N–H and O–H groups in total. The minimum absolute atomic E-state index is 0.685. The zero-order chi connectivity index (χ0) is 22.1. The molecule has 5 rings (SSSR count). The Bertz CT molecular complexity index is 1250. The molecule has 6 heteroatoms. The molecule has 32 heavy (non-hydrogen) atoms. The highest BCUT2D eigenvalue weighted by Crippen LogP contribution is 2.33. The first-order valence-electron chi connectivity index (χ1n) is 11.0. The van der Waals surface area contributed by atoms with Crippen LogP contribution in [0.2, 0.25) is 0 Å². The molecule has 1 aliphatic rings. The van der Waals surface area contributed by atoms with Gasteiger partial charge in [0.25, 0.3) is 0 Å². The van der Waals surface area contributed by atoms with Gasteiger partial charge in [-0.05, 0) is 22.4 Å². The quantitative estimate of drug-likeness (QED) is 0.479. The maximum absolute atomic E-state index is 12.3. The molecule has 6 nitrogen and oxygen atoms in total. The van der Waals surface area contributed by atoms with Crippen molar-refractivity contribution >= 4 is 27.6 Å². The molecule has 4 aromatic rings. The fourth-order valence-corrected chi connectivity index (χ4v) is 4.88. The molecule has 0 radical (unpaired) electrons. The van der Waals surface area contributed by atoms with Crippen LogP contribution in [0.15, 0.2) is 66.9 Å². The van der Waals surface area contributed by atoms with E-state index in [-0.39, 0.29) is 0 Å². The van der Waals surface area contributed by atoms with E-state index in [1.165, 1.54) is 16.3 Å². The van der Waals surface area contributed by atoms with Crippen molar-refractivity contribution in [2.75, 3.05) is 33.3 Å². The first kappa shape index (κ1) is 20.5. The van der Waals surface area contributed by atoms with Crippen molar-refractivity contribution < 1.29 is 14.6 Å². The van der Waals surface area contributed by atoms with Gasteiger partial charge in [0.15, 0.2) is 0 Å². The van der Waals surface area contributed by atoms with Gasteiger partial charge >= 0.3 is 5.97 Å². The van der Waals surface area contributed by atoms with Gasteiger partial charge in [-0.2, -0.15) is 0 Å². The summed E-state index contributed by atoms with van der Waals surface area (Å²) in [7, 11) is 1.62. The van der Waals surface area contributed by atoms with Crippen molar-refractivity contribution in [3.63, 3.8) is 0 Å². The summed E-state index contributed by atoms with van der Waals surface area (Å²) in [5.74, 6) is -0.103. The van der Waals surface area contributed by atoms with Crippen LogP contribution in [-0.4, -0.2) is 59.1 Å². The number of fused-ring (bicyclic) bond motifs is 2. The van der Waals surface area contributed by atoms with E-state index in [4.69, 9.17) is 4.74 Å². The van der Waals surface area contributed by atoms with Gasteiger partial charge in [-0.15, -0.1) is 0 Å². The van der Waals surface area contributed by atoms with E-state index in [0.29, 0.717) is 13.1 Å². The highest BCUT2D eigenvalue weighted by molar-refractivity contribution is 5.92. The molecule has 1 fully saturated rings. The molecule has 0 aliphatic carbocycles. The summed E-state index contributed by atoms with van der Waals surface area (Å²) in [5.41, 5.74) is 2.94. The first-order valence-corrected chi connectivity index (χ1v) is 11.0. The smallest absolute Gasteiger partial charge is 0.325 e.